The molecule has 0 aliphatic carbocycles. The van der Waals surface area contributed by atoms with Crippen molar-refractivity contribution in [3.8, 4) is 0 Å². The third kappa shape index (κ3) is 4.16. The third-order valence-electron chi connectivity index (χ3n) is 4.91. The lowest BCUT2D eigenvalue weighted by Gasteiger charge is -2.26. The molecule has 4 rings (SSSR count). The molecule has 2 aliphatic rings. The van der Waals surface area contributed by atoms with Crippen LogP contribution < -0.4 is 16.0 Å². The number of hydrogen-bond donors (Lipinski definition) is 3. The second-order valence-corrected chi connectivity index (χ2v) is 6.78. The van der Waals surface area contributed by atoms with Crippen molar-refractivity contribution in [3.05, 3.63) is 60.0 Å². The molecule has 2 aromatic carbocycles. The normalized spacial score (nSPS) is 18.0. The molecule has 1 amide bonds. The molecule has 0 spiro atoms. The summed E-state index contributed by atoms with van der Waals surface area (Å²) in [6, 6.07) is 12.4. The zero-order chi connectivity index (χ0) is 19.3. The van der Waals surface area contributed by atoms with Gasteiger partial charge in [0.1, 0.15) is 5.82 Å². The zero-order valence-corrected chi connectivity index (χ0v) is 15.5. The number of rotatable bonds is 6. The van der Waals surface area contributed by atoms with Gasteiger partial charge in [-0.3, -0.25) is 9.69 Å². The first-order chi connectivity index (χ1) is 13.7. The van der Waals surface area contributed by atoms with Gasteiger partial charge in [0.25, 0.3) is 5.91 Å². The zero-order valence-electron chi connectivity index (χ0n) is 15.5. The first-order valence-electron chi connectivity index (χ1n) is 9.42. The Balaban J connectivity index is 1.36. The Bertz CT molecular complexity index is 894. The quantitative estimate of drug-likeness (QED) is 0.671. The summed E-state index contributed by atoms with van der Waals surface area (Å²) in [7, 11) is 0. The molecular formula is C21H23FN4O2. The van der Waals surface area contributed by atoms with Gasteiger partial charge < -0.3 is 20.7 Å². The number of halogens is 1. The first kappa shape index (κ1) is 18.5. The number of morpholine rings is 1. The van der Waals surface area contributed by atoms with E-state index in [0.717, 1.165) is 44.1 Å². The highest BCUT2D eigenvalue weighted by Crippen LogP contribution is 2.31. The number of nitrogens with zero attached hydrogens (tertiary/aromatic N) is 1. The second-order valence-electron chi connectivity index (χ2n) is 6.78. The fourth-order valence-corrected chi connectivity index (χ4v) is 3.36. The van der Waals surface area contributed by atoms with E-state index < -0.39 is 0 Å². The largest absolute Gasteiger partial charge is 0.381 e. The average molecular weight is 382 g/mol. The molecule has 6 nitrogen and oxygen atoms in total. The molecule has 2 aromatic rings. The fourth-order valence-electron chi connectivity index (χ4n) is 3.36. The maximum absolute atomic E-state index is 14.4. The monoisotopic (exact) mass is 382 g/mol. The molecule has 28 heavy (non-hydrogen) atoms. The van der Waals surface area contributed by atoms with Crippen LogP contribution in [-0.4, -0.2) is 50.2 Å². The molecule has 146 valence electrons. The number of hydrogen-bond acceptors (Lipinski definition) is 5. The van der Waals surface area contributed by atoms with E-state index in [1.165, 1.54) is 6.07 Å². The molecule has 7 heteroatoms. The van der Waals surface area contributed by atoms with Crippen molar-refractivity contribution in [3.63, 3.8) is 0 Å². The smallest absolute Gasteiger partial charge is 0.257 e. The van der Waals surface area contributed by atoms with Gasteiger partial charge in [-0.2, -0.15) is 0 Å². The number of nitrogens with one attached hydrogen (secondary N) is 3. The Labute approximate surface area is 163 Å². The standard InChI is InChI=1S/C21H23FN4O2/c22-18-13-15(5-6-20(18)23-7-8-26-9-11-28-12-10-26)24-14-17-16-3-1-2-4-19(16)25-21(17)27/h1-6,13-14,23-24H,7-12H2,(H,25,27). The van der Waals surface area contributed by atoms with Crippen LogP contribution in [0.4, 0.5) is 21.5 Å². The van der Waals surface area contributed by atoms with Crippen LogP contribution in [0.15, 0.2) is 48.7 Å². The van der Waals surface area contributed by atoms with Gasteiger partial charge >= 0.3 is 0 Å². The predicted molar refractivity (Wildman–Crippen MR) is 109 cm³/mol. The van der Waals surface area contributed by atoms with Crippen LogP contribution in [0.5, 0.6) is 0 Å². The molecule has 0 atom stereocenters. The number of anilines is 3. The van der Waals surface area contributed by atoms with Gasteiger partial charge in [-0.05, 0) is 24.3 Å². The van der Waals surface area contributed by atoms with Crippen LogP contribution in [0.3, 0.4) is 0 Å². The van der Waals surface area contributed by atoms with Crippen LogP contribution in [0.25, 0.3) is 5.57 Å². The van der Waals surface area contributed by atoms with Gasteiger partial charge in [0.2, 0.25) is 0 Å². The number of benzene rings is 2. The van der Waals surface area contributed by atoms with Crippen molar-refractivity contribution in [2.24, 2.45) is 0 Å². The van der Waals surface area contributed by atoms with Crippen molar-refractivity contribution in [1.82, 2.24) is 4.90 Å². The van der Waals surface area contributed by atoms with Crippen LogP contribution in [0.2, 0.25) is 0 Å². The van der Waals surface area contributed by atoms with Gasteiger partial charge in [0.15, 0.2) is 0 Å². The lowest BCUT2D eigenvalue weighted by molar-refractivity contribution is -0.110. The molecular weight excluding hydrogens is 359 g/mol. The molecule has 2 aliphatic heterocycles. The minimum absolute atomic E-state index is 0.171. The van der Waals surface area contributed by atoms with Gasteiger partial charge in [0.05, 0.1) is 24.5 Å². The van der Waals surface area contributed by atoms with Crippen molar-refractivity contribution in [2.45, 2.75) is 0 Å². The summed E-state index contributed by atoms with van der Waals surface area (Å²) in [4.78, 5) is 14.4. The average Bonchev–Trinajstić information content (AvgIpc) is 3.04. The van der Waals surface area contributed by atoms with Crippen molar-refractivity contribution < 1.29 is 13.9 Å². The maximum Gasteiger partial charge on any atom is 0.257 e. The topological polar surface area (TPSA) is 65.6 Å². The molecule has 2 heterocycles. The van der Waals surface area contributed by atoms with Crippen LogP contribution in [0.1, 0.15) is 5.56 Å². The summed E-state index contributed by atoms with van der Waals surface area (Å²) < 4.78 is 19.7. The molecule has 1 saturated heterocycles. The van der Waals surface area contributed by atoms with Gasteiger partial charge in [-0.25, -0.2) is 4.39 Å². The number of amides is 1. The Morgan fingerprint density at radius 3 is 2.82 bits per heavy atom. The highest BCUT2D eigenvalue weighted by Gasteiger charge is 2.23. The van der Waals surface area contributed by atoms with Gasteiger partial charge in [-0.1, -0.05) is 18.2 Å². The molecule has 0 unspecified atom stereocenters. The first-order valence-corrected chi connectivity index (χ1v) is 9.42. The van der Waals surface area contributed by atoms with Gasteiger partial charge in [0, 0.05) is 49.3 Å². The molecule has 0 radical (unpaired) electrons. The van der Waals surface area contributed by atoms with E-state index in [4.69, 9.17) is 4.74 Å². The van der Waals surface area contributed by atoms with Crippen molar-refractivity contribution in [2.75, 3.05) is 55.3 Å². The summed E-state index contributed by atoms with van der Waals surface area (Å²) >= 11 is 0. The Morgan fingerprint density at radius 2 is 2.00 bits per heavy atom. The second kappa shape index (κ2) is 8.41. The number of carbonyl (C=O) groups excluding carboxylic acids is 1. The van der Waals surface area contributed by atoms with Crippen LogP contribution in [0, 0.1) is 5.82 Å². The predicted octanol–water partition coefficient (Wildman–Crippen LogP) is 2.97. The third-order valence-corrected chi connectivity index (χ3v) is 4.91. The molecule has 3 N–H and O–H groups in total. The van der Waals surface area contributed by atoms with E-state index in [9.17, 15) is 9.18 Å². The summed E-state index contributed by atoms with van der Waals surface area (Å²) in [6.45, 7) is 4.87. The van der Waals surface area contributed by atoms with E-state index in [-0.39, 0.29) is 11.7 Å². The summed E-state index contributed by atoms with van der Waals surface area (Å²) in [5.41, 5.74) is 3.20. The lowest BCUT2D eigenvalue weighted by Crippen LogP contribution is -2.39. The molecule has 1 fully saturated rings. The van der Waals surface area contributed by atoms with E-state index in [1.807, 2.05) is 24.3 Å². The number of fused-ring (bicyclic) bond motifs is 1. The minimum atomic E-state index is -0.332. The van der Waals surface area contributed by atoms with E-state index in [1.54, 1.807) is 18.3 Å². The Morgan fingerprint density at radius 1 is 1.18 bits per heavy atom. The number of carbonyl (C=O) groups is 1. The Kier molecular flexibility index (Phi) is 5.55. The SMILES string of the molecule is O=C1Nc2ccccc2C1=CNc1ccc(NCCN2CCOCC2)c(F)c1. The number of ether oxygens (including phenoxy) is 1. The lowest BCUT2D eigenvalue weighted by atomic mass is 10.1. The Hall–Kier alpha value is -2.90. The van der Waals surface area contributed by atoms with Crippen molar-refractivity contribution >= 4 is 28.5 Å². The summed E-state index contributed by atoms with van der Waals surface area (Å²) in [6.07, 6.45) is 1.61. The van der Waals surface area contributed by atoms with E-state index >= 15 is 0 Å². The molecule has 0 saturated carbocycles. The highest BCUT2D eigenvalue weighted by molar-refractivity contribution is 6.31. The highest BCUT2D eigenvalue weighted by atomic mass is 19.1. The van der Waals surface area contributed by atoms with Crippen LogP contribution in [-0.2, 0) is 9.53 Å². The minimum Gasteiger partial charge on any atom is -0.381 e. The molecule has 0 bridgehead atoms. The van der Waals surface area contributed by atoms with E-state index in [2.05, 4.69) is 20.9 Å². The number of para-hydroxylation sites is 1. The van der Waals surface area contributed by atoms with E-state index in [0.29, 0.717) is 23.5 Å². The van der Waals surface area contributed by atoms with Crippen LogP contribution >= 0.6 is 0 Å². The maximum atomic E-state index is 14.4. The summed E-state index contributed by atoms with van der Waals surface area (Å²) in [5, 5.41) is 8.97. The molecule has 0 aromatic heterocycles. The van der Waals surface area contributed by atoms with Crippen molar-refractivity contribution in [1.29, 1.82) is 0 Å². The fraction of sp³-hybridized carbons (Fsp3) is 0.286. The van der Waals surface area contributed by atoms with Gasteiger partial charge in [-0.15, -0.1) is 0 Å². The summed E-state index contributed by atoms with van der Waals surface area (Å²) in [5.74, 6) is -0.503.